The molecule has 0 aliphatic heterocycles. The van der Waals surface area contributed by atoms with E-state index < -0.39 is 5.82 Å². The summed E-state index contributed by atoms with van der Waals surface area (Å²) in [4.78, 5) is 15.4. The van der Waals surface area contributed by atoms with E-state index in [-0.39, 0.29) is 11.3 Å². The summed E-state index contributed by atoms with van der Waals surface area (Å²) in [6.45, 7) is 0. The minimum atomic E-state index is -0.492. The van der Waals surface area contributed by atoms with Crippen LogP contribution in [-0.2, 0) is 0 Å². The number of carbonyl (C=O) groups is 1. The third-order valence-corrected chi connectivity index (χ3v) is 3.26. The number of hydrogen-bond donors (Lipinski definition) is 0. The molecular weight excluding hydrogens is 267 g/mol. The number of aldehydes is 1. The second-order valence-electron chi connectivity index (χ2n) is 4.54. The number of nitriles is 1. The molecule has 1 heterocycles. The Hall–Kier alpha value is -3.06. The Bertz CT molecular complexity index is 897. The first kappa shape index (κ1) is 12.9. The van der Waals surface area contributed by atoms with Gasteiger partial charge in [-0.2, -0.15) is 5.26 Å². The molecule has 0 fully saturated rings. The molecule has 21 heavy (non-hydrogen) atoms. The molecule has 0 N–H and O–H groups in total. The topological polar surface area (TPSA) is 53.8 Å². The predicted molar refractivity (Wildman–Crippen MR) is 77.2 cm³/mol. The van der Waals surface area contributed by atoms with Gasteiger partial charge in [0.2, 0.25) is 0 Å². The van der Waals surface area contributed by atoms with Crippen molar-refractivity contribution in [3.05, 3.63) is 65.6 Å². The van der Waals surface area contributed by atoms with Gasteiger partial charge in [0, 0.05) is 16.5 Å². The Balaban J connectivity index is 2.34. The monoisotopic (exact) mass is 276 g/mol. The molecule has 0 aliphatic rings. The van der Waals surface area contributed by atoms with Gasteiger partial charge in [0.25, 0.3) is 0 Å². The van der Waals surface area contributed by atoms with Gasteiger partial charge in [-0.05, 0) is 29.8 Å². The number of rotatable bonds is 2. The average Bonchev–Trinajstić information content (AvgIpc) is 2.53. The maximum absolute atomic E-state index is 13.2. The summed E-state index contributed by atoms with van der Waals surface area (Å²) in [6.07, 6.45) is 0.578. The third-order valence-electron chi connectivity index (χ3n) is 3.26. The number of halogens is 1. The van der Waals surface area contributed by atoms with Crippen molar-refractivity contribution in [1.82, 2.24) is 4.98 Å². The van der Waals surface area contributed by atoms with Gasteiger partial charge < -0.3 is 0 Å². The first-order valence-electron chi connectivity index (χ1n) is 6.28. The van der Waals surface area contributed by atoms with Crippen LogP contribution in [0.1, 0.15) is 16.1 Å². The molecule has 2 aromatic carbocycles. The minimum absolute atomic E-state index is 0.198. The summed E-state index contributed by atoms with van der Waals surface area (Å²) in [6, 6.07) is 15.1. The molecule has 0 saturated heterocycles. The molecular formula is C17H9FN2O. The lowest BCUT2D eigenvalue weighted by Crippen LogP contribution is -1.95. The lowest BCUT2D eigenvalue weighted by atomic mass is 9.97. The van der Waals surface area contributed by atoms with Gasteiger partial charge in [-0.15, -0.1) is 0 Å². The fourth-order valence-corrected chi connectivity index (χ4v) is 2.28. The van der Waals surface area contributed by atoms with Crippen molar-refractivity contribution in [2.24, 2.45) is 0 Å². The summed E-state index contributed by atoms with van der Waals surface area (Å²) in [5, 5.41) is 10.1. The molecule has 3 nitrogen and oxygen atoms in total. The first-order chi connectivity index (χ1) is 10.2. The van der Waals surface area contributed by atoms with E-state index in [1.807, 2.05) is 30.3 Å². The van der Waals surface area contributed by atoms with E-state index in [2.05, 4.69) is 4.98 Å². The zero-order valence-electron chi connectivity index (χ0n) is 10.9. The maximum Gasteiger partial charge on any atom is 0.150 e. The fourth-order valence-electron chi connectivity index (χ4n) is 2.28. The van der Waals surface area contributed by atoms with Gasteiger partial charge in [0.05, 0.1) is 5.52 Å². The Labute approximate surface area is 120 Å². The van der Waals surface area contributed by atoms with Crippen molar-refractivity contribution in [3.63, 3.8) is 0 Å². The van der Waals surface area contributed by atoms with Crippen LogP contribution in [0.15, 0.2) is 48.5 Å². The highest BCUT2D eigenvalue weighted by atomic mass is 19.1. The van der Waals surface area contributed by atoms with Gasteiger partial charge in [-0.1, -0.05) is 24.3 Å². The fraction of sp³-hybridized carbons (Fsp3) is 0. The largest absolute Gasteiger partial charge is 0.298 e. The number of hydrogen-bond acceptors (Lipinski definition) is 3. The van der Waals surface area contributed by atoms with Crippen LogP contribution < -0.4 is 0 Å². The molecule has 3 rings (SSSR count). The van der Waals surface area contributed by atoms with Gasteiger partial charge in [0.1, 0.15) is 17.6 Å². The van der Waals surface area contributed by atoms with Crippen LogP contribution in [0.4, 0.5) is 4.39 Å². The maximum atomic E-state index is 13.2. The van der Waals surface area contributed by atoms with E-state index in [9.17, 15) is 14.4 Å². The zero-order chi connectivity index (χ0) is 14.8. The van der Waals surface area contributed by atoms with E-state index in [0.29, 0.717) is 22.9 Å². The lowest BCUT2D eigenvalue weighted by Gasteiger charge is -2.08. The van der Waals surface area contributed by atoms with Gasteiger partial charge >= 0.3 is 0 Å². The van der Waals surface area contributed by atoms with E-state index in [0.717, 1.165) is 11.5 Å². The van der Waals surface area contributed by atoms with Crippen molar-refractivity contribution >= 4 is 17.2 Å². The van der Waals surface area contributed by atoms with Crippen LogP contribution in [0.2, 0.25) is 0 Å². The van der Waals surface area contributed by atoms with Crippen LogP contribution >= 0.6 is 0 Å². The number of fused-ring (bicyclic) bond motifs is 1. The van der Waals surface area contributed by atoms with Gasteiger partial charge in [0.15, 0.2) is 6.29 Å². The highest BCUT2D eigenvalue weighted by Crippen LogP contribution is 2.29. The van der Waals surface area contributed by atoms with E-state index >= 15 is 0 Å². The highest BCUT2D eigenvalue weighted by molar-refractivity contribution is 5.92. The van der Waals surface area contributed by atoms with Crippen LogP contribution in [0.25, 0.3) is 22.0 Å². The number of nitrogens with zero attached hydrogens (tertiary/aromatic N) is 2. The second kappa shape index (κ2) is 5.14. The zero-order valence-corrected chi connectivity index (χ0v) is 10.9. The second-order valence-corrected chi connectivity index (χ2v) is 4.54. The van der Waals surface area contributed by atoms with Crippen LogP contribution in [0.3, 0.4) is 0 Å². The molecule has 0 amide bonds. The molecule has 0 radical (unpaired) electrons. The number of carbonyl (C=O) groups excluding carboxylic acids is 1. The number of pyridine rings is 1. The molecule has 0 aliphatic carbocycles. The molecule has 100 valence electrons. The molecule has 4 heteroatoms. The SMILES string of the molecule is N#Cc1nc2ccccc2cc1-c1ccc(F)cc1C=O. The van der Waals surface area contributed by atoms with Crippen LogP contribution in [0, 0.1) is 17.1 Å². The molecule has 1 aromatic heterocycles. The molecule has 0 saturated carbocycles. The third kappa shape index (κ3) is 2.26. The van der Waals surface area contributed by atoms with Crippen LogP contribution in [0.5, 0.6) is 0 Å². The summed E-state index contributed by atoms with van der Waals surface area (Å²) in [5.74, 6) is -0.492. The van der Waals surface area contributed by atoms with Crippen molar-refractivity contribution in [2.75, 3.05) is 0 Å². The number of benzene rings is 2. The minimum Gasteiger partial charge on any atom is -0.298 e. The number of aromatic nitrogens is 1. The lowest BCUT2D eigenvalue weighted by molar-refractivity contribution is 0.112. The molecule has 0 unspecified atom stereocenters. The van der Waals surface area contributed by atoms with Gasteiger partial charge in [-0.3, -0.25) is 4.79 Å². The highest BCUT2D eigenvalue weighted by Gasteiger charge is 2.13. The molecule has 0 atom stereocenters. The van der Waals surface area contributed by atoms with E-state index in [1.165, 1.54) is 12.1 Å². The molecule has 0 bridgehead atoms. The van der Waals surface area contributed by atoms with Crippen molar-refractivity contribution in [3.8, 4) is 17.2 Å². The summed E-state index contributed by atoms with van der Waals surface area (Å²) in [5.41, 5.74) is 2.14. The standard InChI is InChI=1S/C17H9FN2O/c18-13-5-6-14(12(7-13)10-21)15-8-11-3-1-2-4-16(11)20-17(15)9-19/h1-8,10H. The normalized spacial score (nSPS) is 10.3. The summed E-state index contributed by atoms with van der Waals surface area (Å²) < 4.78 is 13.2. The van der Waals surface area contributed by atoms with Crippen LogP contribution in [-0.4, -0.2) is 11.3 Å². The van der Waals surface area contributed by atoms with Crippen molar-refractivity contribution in [2.45, 2.75) is 0 Å². The van der Waals surface area contributed by atoms with E-state index in [4.69, 9.17) is 0 Å². The average molecular weight is 276 g/mol. The summed E-state index contributed by atoms with van der Waals surface area (Å²) >= 11 is 0. The number of para-hydroxylation sites is 1. The van der Waals surface area contributed by atoms with E-state index in [1.54, 1.807) is 6.07 Å². The quantitative estimate of drug-likeness (QED) is 0.670. The molecule has 0 spiro atoms. The Morgan fingerprint density at radius 1 is 1.10 bits per heavy atom. The van der Waals surface area contributed by atoms with Crippen molar-refractivity contribution < 1.29 is 9.18 Å². The Morgan fingerprint density at radius 2 is 1.90 bits per heavy atom. The summed E-state index contributed by atoms with van der Waals surface area (Å²) in [7, 11) is 0. The predicted octanol–water partition coefficient (Wildman–Crippen LogP) is 3.73. The van der Waals surface area contributed by atoms with Gasteiger partial charge in [-0.25, -0.2) is 9.37 Å². The van der Waals surface area contributed by atoms with Crippen molar-refractivity contribution in [1.29, 1.82) is 5.26 Å². The first-order valence-corrected chi connectivity index (χ1v) is 6.28. The Kier molecular flexibility index (Phi) is 3.17. The Morgan fingerprint density at radius 3 is 2.67 bits per heavy atom. The smallest absolute Gasteiger partial charge is 0.150 e. The molecule has 3 aromatic rings.